The molecule has 0 aliphatic heterocycles. The maximum atomic E-state index is 5.37. The van der Waals surface area contributed by atoms with E-state index in [1.54, 1.807) is 6.20 Å². The lowest BCUT2D eigenvalue weighted by Gasteiger charge is -1.91. The largest absolute Gasteiger partial charge is 0.384 e. The van der Waals surface area contributed by atoms with E-state index in [-0.39, 0.29) is 0 Å². The molecule has 0 saturated heterocycles. The van der Waals surface area contributed by atoms with Crippen LogP contribution in [0.2, 0.25) is 0 Å². The third-order valence-corrected chi connectivity index (χ3v) is 0.936. The number of anilines is 1. The van der Waals surface area contributed by atoms with Crippen molar-refractivity contribution in [2.24, 2.45) is 0 Å². The summed E-state index contributed by atoms with van der Waals surface area (Å²) in [5.74, 6) is 0.556. The molecule has 0 aliphatic rings. The van der Waals surface area contributed by atoms with Gasteiger partial charge in [-0.15, -0.1) is 0 Å². The highest BCUT2D eigenvalue weighted by molar-refractivity contribution is 6.34. The molecule has 1 aromatic rings. The summed E-state index contributed by atoms with van der Waals surface area (Å²) < 4.78 is 0. The van der Waals surface area contributed by atoms with Crippen LogP contribution in [0.3, 0.4) is 0 Å². The lowest BCUT2D eigenvalue weighted by Crippen LogP contribution is -2.11. The van der Waals surface area contributed by atoms with E-state index in [4.69, 9.17) is 5.73 Å². The summed E-state index contributed by atoms with van der Waals surface area (Å²) >= 11 is 0. The molecule has 0 aliphatic carbocycles. The molecule has 1 heterocycles. The molecular formula is C4H6BN3. The van der Waals surface area contributed by atoms with E-state index in [1.165, 1.54) is 6.33 Å². The molecule has 0 spiro atoms. The van der Waals surface area contributed by atoms with Gasteiger partial charge in [-0.25, -0.2) is 9.97 Å². The van der Waals surface area contributed by atoms with Crippen LogP contribution >= 0.6 is 0 Å². The highest BCUT2D eigenvalue weighted by Crippen LogP contribution is 1.81. The molecule has 0 unspecified atom stereocenters. The predicted molar refractivity (Wildman–Crippen MR) is 34.6 cm³/mol. The first kappa shape index (κ1) is 5.09. The second kappa shape index (κ2) is 1.82. The number of nitrogens with two attached hydrogens (primary N) is 1. The van der Waals surface area contributed by atoms with Crippen LogP contribution in [0.4, 0.5) is 5.82 Å². The Morgan fingerprint density at radius 3 is 2.75 bits per heavy atom. The van der Waals surface area contributed by atoms with Gasteiger partial charge >= 0.3 is 0 Å². The topological polar surface area (TPSA) is 51.8 Å². The van der Waals surface area contributed by atoms with Crippen molar-refractivity contribution in [2.45, 2.75) is 0 Å². The van der Waals surface area contributed by atoms with Crippen molar-refractivity contribution in [3.05, 3.63) is 12.5 Å². The van der Waals surface area contributed by atoms with Crippen LogP contribution in [0, 0.1) is 0 Å². The average molecular weight is 107 g/mol. The van der Waals surface area contributed by atoms with E-state index >= 15 is 0 Å². The molecule has 40 valence electrons. The van der Waals surface area contributed by atoms with Crippen molar-refractivity contribution in [3.8, 4) is 0 Å². The molecule has 8 heavy (non-hydrogen) atoms. The minimum absolute atomic E-state index is 0.556. The van der Waals surface area contributed by atoms with Crippen molar-refractivity contribution in [1.82, 2.24) is 9.97 Å². The van der Waals surface area contributed by atoms with Gasteiger partial charge in [0.2, 0.25) is 0 Å². The van der Waals surface area contributed by atoms with E-state index < -0.39 is 0 Å². The van der Waals surface area contributed by atoms with Gasteiger partial charge in [-0.2, -0.15) is 0 Å². The van der Waals surface area contributed by atoms with E-state index in [9.17, 15) is 0 Å². The first-order valence-corrected chi connectivity index (χ1v) is 2.33. The Kier molecular flexibility index (Phi) is 1.16. The first-order chi connectivity index (χ1) is 3.80. The lowest BCUT2D eigenvalue weighted by molar-refractivity contribution is 1.19. The SMILES string of the molecule is Bc1cncnc1N. The third-order valence-electron chi connectivity index (χ3n) is 0.936. The summed E-state index contributed by atoms with van der Waals surface area (Å²) in [6, 6.07) is 0. The number of hydrogen-bond acceptors (Lipinski definition) is 3. The van der Waals surface area contributed by atoms with Crippen LogP contribution in [0.1, 0.15) is 0 Å². The van der Waals surface area contributed by atoms with Crippen molar-refractivity contribution < 1.29 is 0 Å². The second-order valence-corrected chi connectivity index (χ2v) is 1.59. The van der Waals surface area contributed by atoms with Crippen LogP contribution in [0.5, 0.6) is 0 Å². The van der Waals surface area contributed by atoms with Crippen molar-refractivity contribution in [2.75, 3.05) is 5.73 Å². The van der Waals surface area contributed by atoms with Crippen LogP contribution in [-0.2, 0) is 0 Å². The minimum Gasteiger partial charge on any atom is -0.384 e. The molecule has 1 aromatic heterocycles. The molecule has 0 aromatic carbocycles. The van der Waals surface area contributed by atoms with Gasteiger partial charge < -0.3 is 5.73 Å². The molecule has 2 N–H and O–H groups in total. The van der Waals surface area contributed by atoms with Gasteiger partial charge in [0.05, 0.1) is 0 Å². The second-order valence-electron chi connectivity index (χ2n) is 1.59. The Hall–Kier alpha value is -1.06. The quantitative estimate of drug-likeness (QED) is 0.402. The molecule has 0 bridgehead atoms. The third kappa shape index (κ3) is 0.778. The van der Waals surface area contributed by atoms with Gasteiger partial charge in [-0.3, -0.25) is 0 Å². The van der Waals surface area contributed by atoms with Gasteiger partial charge in [0, 0.05) is 6.20 Å². The number of nitrogens with zero attached hydrogens (tertiary/aromatic N) is 2. The molecule has 4 heteroatoms. The number of aromatic nitrogens is 2. The van der Waals surface area contributed by atoms with Crippen molar-refractivity contribution >= 4 is 19.1 Å². The molecule has 0 atom stereocenters. The van der Waals surface area contributed by atoms with Crippen LogP contribution in [0.15, 0.2) is 12.5 Å². The summed E-state index contributed by atoms with van der Waals surface area (Å²) in [6.45, 7) is 0. The molecule has 0 saturated carbocycles. The van der Waals surface area contributed by atoms with E-state index in [2.05, 4.69) is 9.97 Å². The fourth-order valence-electron chi connectivity index (χ4n) is 0.409. The summed E-state index contributed by atoms with van der Waals surface area (Å²) in [5.41, 5.74) is 6.29. The van der Waals surface area contributed by atoms with Crippen molar-refractivity contribution in [1.29, 1.82) is 0 Å². The molecule has 3 nitrogen and oxygen atoms in total. The zero-order valence-electron chi connectivity index (χ0n) is 4.63. The standard InChI is InChI=1S/C4H6BN3/c5-3-1-7-2-8-4(3)6/h1-2H,5H2,(H2,6,7,8). The van der Waals surface area contributed by atoms with Gasteiger partial charge in [-0.1, -0.05) is 0 Å². The van der Waals surface area contributed by atoms with Gasteiger partial charge in [0.1, 0.15) is 20.0 Å². The van der Waals surface area contributed by atoms with Gasteiger partial charge in [-0.05, 0) is 5.46 Å². The fourth-order valence-corrected chi connectivity index (χ4v) is 0.409. The molecular weight excluding hydrogens is 101 g/mol. The van der Waals surface area contributed by atoms with Gasteiger partial charge in [0.25, 0.3) is 0 Å². The molecule has 0 radical (unpaired) electrons. The first-order valence-electron chi connectivity index (χ1n) is 2.33. The Bertz CT molecular complexity index is 167. The van der Waals surface area contributed by atoms with Gasteiger partial charge in [0.15, 0.2) is 0 Å². The van der Waals surface area contributed by atoms with E-state index in [0.717, 1.165) is 5.46 Å². The Labute approximate surface area is 48.4 Å². The summed E-state index contributed by atoms with van der Waals surface area (Å²) in [5, 5.41) is 0. The Morgan fingerprint density at radius 2 is 2.38 bits per heavy atom. The normalized spacial score (nSPS) is 9.00. The minimum atomic E-state index is 0.556. The predicted octanol–water partition coefficient (Wildman–Crippen LogP) is -1.68. The van der Waals surface area contributed by atoms with Crippen LogP contribution < -0.4 is 11.2 Å². The lowest BCUT2D eigenvalue weighted by atomic mass is 10.00. The Balaban J connectivity index is 3.13. The van der Waals surface area contributed by atoms with E-state index in [0.29, 0.717) is 5.82 Å². The smallest absolute Gasteiger partial charge is 0.146 e. The molecule has 1 rings (SSSR count). The van der Waals surface area contributed by atoms with Crippen LogP contribution in [0.25, 0.3) is 0 Å². The summed E-state index contributed by atoms with van der Waals surface area (Å²) in [6.07, 6.45) is 3.12. The number of rotatable bonds is 0. The van der Waals surface area contributed by atoms with Crippen LogP contribution in [-0.4, -0.2) is 17.8 Å². The fraction of sp³-hybridized carbons (Fsp3) is 0. The van der Waals surface area contributed by atoms with Crippen molar-refractivity contribution in [3.63, 3.8) is 0 Å². The van der Waals surface area contributed by atoms with E-state index in [1.807, 2.05) is 7.85 Å². The molecule has 0 amide bonds. The number of nitrogen functional groups attached to an aromatic ring is 1. The summed E-state index contributed by atoms with van der Waals surface area (Å²) in [4.78, 5) is 7.50. The maximum absolute atomic E-state index is 5.37. The molecule has 0 fully saturated rings. The highest BCUT2D eigenvalue weighted by Gasteiger charge is 1.87. The zero-order valence-corrected chi connectivity index (χ0v) is 4.63. The maximum Gasteiger partial charge on any atom is 0.146 e. The zero-order chi connectivity index (χ0) is 5.98. The average Bonchev–Trinajstić information content (AvgIpc) is 1.77. The Morgan fingerprint density at radius 1 is 1.62 bits per heavy atom. The highest BCUT2D eigenvalue weighted by atomic mass is 14.9. The summed E-state index contributed by atoms with van der Waals surface area (Å²) in [7, 11) is 1.87. The monoisotopic (exact) mass is 107 g/mol. The number of hydrogen-bond donors (Lipinski definition) is 1.